The average Bonchev–Trinajstić information content (AvgIpc) is 3.23. The number of halogens is 4. The van der Waals surface area contributed by atoms with Crippen molar-refractivity contribution in [1.29, 1.82) is 0 Å². The molecule has 4 rings (SSSR count). The third kappa shape index (κ3) is 4.33. The van der Waals surface area contributed by atoms with E-state index in [-0.39, 0.29) is 11.5 Å². The molecule has 1 saturated heterocycles. The Morgan fingerprint density at radius 1 is 1.10 bits per heavy atom. The topological polar surface area (TPSA) is 59.2 Å². The van der Waals surface area contributed by atoms with E-state index < -0.39 is 17.6 Å². The van der Waals surface area contributed by atoms with Crippen molar-refractivity contribution in [2.24, 2.45) is 0 Å². The standard InChI is InChI=1S/C21H17ClF3N3O2/c22-17-6-2-3-14(12-17)18-26-19(30-27-18)13-7-9-28(10-8-13)20(29)15-4-1-5-16(11-15)21(23,24)25/h1-6,11-13H,7-10H2. The number of nitrogens with zero attached hydrogens (tertiary/aromatic N) is 3. The van der Waals surface area contributed by atoms with Crippen molar-refractivity contribution in [1.82, 2.24) is 15.0 Å². The Kier molecular flexibility index (Phi) is 5.51. The predicted molar refractivity (Wildman–Crippen MR) is 104 cm³/mol. The van der Waals surface area contributed by atoms with Crippen molar-refractivity contribution in [3.63, 3.8) is 0 Å². The van der Waals surface area contributed by atoms with E-state index in [0.29, 0.717) is 42.7 Å². The molecule has 9 heteroatoms. The molecule has 1 aromatic heterocycles. The molecule has 0 atom stereocenters. The zero-order chi connectivity index (χ0) is 21.3. The molecule has 3 aromatic rings. The van der Waals surface area contributed by atoms with Crippen molar-refractivity contribution >= 4 is 17.5 Å². The first-order chi connectivity index (χ1) is 14.3. The van der Waals surface area contributed by atoms with E-state index in [4.69, 9.17) is 16.1 Å². The molecule has 0 bridgehead atoms. The summed E-state index contributed by atoms with van der Waals surface area (Å²) >= 11 is 6.00. The van der Waals surface area contributed by atoms with Crippen molar-refractivity contribution < 1.29 is 22.5 Å². The molecule has 0 unspecified atom stereocenters. The number of rotatable bonds is 3. The van der Waals surface area contributed by atoms with Gasteiger partial charge < -0.3 is 9.42 Å². The summed E-state index contributed by atoms with van der Waals surface area (Å²) in [6, 6.07) is 11.6. The van der Waals surface area contributed by atoms with Crippen molar-refractivity contribution in [3.8, 4) is 11.4 Å². The number of carbonyl (C=O) groups excluding carboxylic acids is 1. The van der Waals surface area contributed by atoms with E-state index in [1.165, 1.54) is 12.1 Å². The molecule has 30 heavy (non-hydrogen) atoms. The lowest BCUT2D eigenvalue weighted by Crippen LogP contribution is -2.38. The zero-order valence-corrected chi connectivity index (χ0v) is 16.5. The quantitative estimate of drug-likeness (QED) is 0.550. The molecule has 2 aromatic carbocycles. The van der Waals surface area contributed by atoms with Gasteiger partial charge in [-0.05, 0) is 43.2 Å². The zero-order valence-electron chi connectivity index (χ0n) is 15.7. The van der Waals surface area contributed by atoms with Gasteiger partial charge in [-0.25, -0.2) is 0 Å². The molecular weight excluding hydrogens is 419 g/mol. The van der Waals surface area contributed by atoms with Crippen LogP contribution in [0.3, 0.4) is 0 Å². The highest BCUT2D eigenvalue weighted by Crippen LogP contribution is 2.32. The van der Waals surface area contributed by atoms with Crippen LogP contribution in [0.2, 0.25) is 5.02 Å². The Hall–Kier alpha value is -2.87. The second-order valence-electron chi connectivity index (χ2n) is 7.11. The minimum absolute atomic E-state index is 0.0176. The fourth-order valence-corrected chi connectivity index (χ4v) is 3.68. The number of alkyl halides is 3. The van der Waals surface area contributed by atoms with Crippen LogP contribution in [0.1, 0.15) is 40.6 Å². The molecule has 1 amide bonds. The molecule has 1 aliphatic rings. The Morgan fingerprint density at radius 3 is 2.53 bits per heavy atom. The molecule has 0 saturated carbocycles. The number of likely N-dealkylation sites (tertiary alicyclic amines) is 1. The van der Waals surface area contributed by atoms with Crippen LogP contribution in [-0.2, 0) is 6.18 Å². The Bertz CT molecular complexity index is 1060. The molecule has 0 radical (unpaired) electrons. The summed E-state index contributed by atoms with van der Waals surface area (Å²) in [5, 5.41) is 4.58. The van der Waals surface area contributed by atoms with Gasteiger partial charge in [0, 0.05) is 35.2 Å². The maximum absolute atomic E-state index is 12.9. The van der Waals surface area contributed by atoms with E-state index in [2.05, 4.69) is 10.1 Å². The van der Waals surface area contributed by atoms with E-state index in [1.54, 1.807) is 23.1 Å². The lowest BCUT2D eigenvalue weighted by Gasteiger charge is -2.30. The van der Waals surface area contributed by atoms with Gasteiger partial charge in [0.15, 0.2) is 0 Å². The molecular formula is C21H17ClF3N3O2. The minimum atomic E-state index is -4.48. The Labute approximate surface area is 175 Å². The highest BCUT2D eigenvalue weighted by molar-refractivity contribution is 6.30. The van der Waals surface area contributed by atoms with Gasteiger partial charge in [-0.1, -0.05) is 35.0 Å². The van der Waals surface area contributed by atoms with E-state index in [9.17, 15) is 18.0 Å². The Morgan fingerprint density at radius 2 is 1.83 bits per heavy atom. The van der Waals surface area contributed by atoms with Gasteiger partial charge >= 0.3 is 6.18 Å². The third-order valence-electron chi connectivity index (χ3n) is 5.09. The van der Waals surface area contributed by atoms with Gasteiger partial charge in [0.1, 0.15) is 0 Å². The fraction of sp³-hybridized carbons (Fsp3) is 0.286. The maximum atomic E-state index is 12.9. The molecule has 5 nitrogen and oxygen atoms in total. The van der Waals surface area contributed by atoms with Gasteiger partial charge in [-0.15, -0.1) is 0 Å². The number of hydrogen-bond donors (Lipinski definition) is 0. The first-order valence-corrected chi connectivity index (χ1v) is 9.75. The van der Waals surface area contributed by atoms with Crippen LogP contribution in [0, 0.1) is 0 Å². The van der Waals surface area contributed by atoms with Crippen molar-refractivity contribution in [3.05, 3.63) is 70.6 Å². The summed E-state index contributed by atoms with van der Waals surface area (Å²) in [5.41, 5.74) is -0.0541. The van der Waals surface area contributed by atoms with Crippen molar-refractivity contribution in [2.75, 3.05) is 13.1 Å². The number of aromatic nitrogens is 2. The second-order valence-corrected chi connectivity index (χ2v) is 7.55. The summed E-state index contributed by atoms with van der Waals surface area (Å²) in [5.74, 6) is 0.492. The molecule has 2 heterocycles. The van der Waals surface area contributed by atoms with E-state index in [0.717, 1.165) is 17.7 Å². The number of piperidine rings is 1. The molecule has 1 fully saturated rings. The number of carbonyl (C=O) groups is 1. The summed E-state index contributed by atoms with van der Waals surface area (Å²) in [6.45, 7) is 0.795. The van der Waals surface area contributed by atoms with Crippen molar-refractivity contribution in [2.45, 2.75) is 24.9 Å². The molecule has 0 N–H and O–H groups in total. The molecule has 0 aliphatic carbocycles. The normalized spacial score (nSPS) is 15.4. The maximum Gasteiger partial charge on any atom is 0.416 e. The summed E-state index contributed by atoms with van der Waals surface area (Å²) in [6.07, 6.45) is -3.31. The summed E-state index contributed by atoms with van der Waals surface area (Å²) < 4.78 is 44.1. The lowest BCUT2D eigenvalue weighted by atomic mass is 9.96. The third-order valence-corrected chi connectivity index (χ3v) is 5.33. The van der Waals surface area contributed by atoms with Crippen LogP contribution in [-0.4, -0.2) is 34.0 Å². The monoisotopic (exact) mass is 435 g/mol. The molecule has 1 aliphatic heterocycles. The number of hydrogen-bond acceptors (Lipinski definition) is 4. The SMILES string of the molecule is O=C(c1cccc(C(F)(F)F)c1)N1CCC(c2nc(-c3cccc(Cl)c3)no2)CC1. The number of amides is 1. The lowest BCUT2D eigenvalue weighted by molar-refractivity contribution is -0.137. The minimum Gasteiger partial charge on any atom is -0.339 e. The second kappa shape index (κ2) is 8.10. The van der Waals surface area contributed by atoms with Gasteiger partial charge in [-0.2, -0.15) is 18.2 Å². The fourth-order valence-electron chi connectivity index (χ4n) is 3.49. The van der Waals surface area contributed by atoms with E-state index >= 15 is 0 Å². The highest BCUT2D eigenvalue weighted by atomic mass is 35.5. The largest absolute Gasteiger partial charge is 0.416 e. The van der Waals surface area contributed by atoms with Gasteiger partial charge in [0.05, 0.1) is 5.56 Å². The van der Waals surface area contributed by atoms with Gasteiger partial charge in [-0.3, -0.25) is 4.79 Å². The summed E-state index contributed by atoms with van der Waals surface area (Å²) in [7, 11) is 0. The average molecular weight is 436 g/mol. The molecule has 0 spiro atoms. The summed E-state index contributed by atoms with van der Waals surface area (Å²) in [4.78, 5) is 18.6. The van der Waals surface area contributed by atoms with Crippen LogP contribution in [0.4, 0.5) is 13.2 Å². The smallest absolute Gasteiger partial charge is 0.339 e. The first kappa shape index (κ1) is 20.4. The first-order valence-electron chi connectivity index (χ1n) is 9.37. The molecule has 156 valence electrons. The highest BCUT2D eigenvalue weighted by Gasteiger charge is 2.32. The van der Waals surface area contributed by atoms with Crippen LogP contribution in [0.5, 0.6) is 0 Å². The van der Waals surface area contributed by atoms with Crippen LogP contribution in [0.15, 0.2) is 53.1 Å². The van der Waals surface area contributed by atoms with Crippen LogP contribution in [0.25, 0.3) is 11.4 Å². The Balaban J connectivity index is 1.41. The number of benzene rings is 2. The predicted octanol–water partition coefficient (Wildman–Crippen LogP) is 5.43. The van der Waals surface area contributed by atoms with Crippen LogP contribution < -0.4 is 0 Å². The van der Waals surface area contributed by atoms with Gasteiger partial charge in [0.25, 0.3) is 5.91 Å². The van der Waals surface area contributed by atoms with Gasteiger partial charge in [0.2, 0.25) is 11.7 Å². The van der Waals surface area contributed by atoms with Crippen LogP contribution >= 0.6 is 11.6 Å². The van der Waals surface area contributed by atoms with E-state index in [1.807, 2.05) is 6.07 Å².